The minimum absolute atomic E-state index is 0.485. The van der Waals surface area contributed by atoms with Crippen molar-refractivity contribution in [1.29, 1.82) is 0 Å². The van der Waals surface area contributed by atoms with Crippen molar-refractivity contribution in [3.8, 4) is 10.8 Å². The van der Waals surface area contributed by atoms with Crippen molar-refractivity contribution in [3.63, 3.8) is 0 Å². The number of nitrogens with zero attached hydrogens (tertiary/aromatic N) is 2. The number of nitrogens with one attached hydrogen (secondary N) is 1. The first-order chi connectivity index (χ1) is 9.72. The maximum absolute atomic E-state index is 5.77. The van der Waals surface area contributed by atoms with E-state index < -0.39 is 0 Å². The molecule has 2 aromatic rings. The number of hydrogen-bond donors (Lipinski definition) is 1. The number of rotatable bonds is 5. The molecule has 0 saturated heterocycles. The highest BCUT2D eigenvalue weighted by Gasteiger charge is 2.17. The van der Waals surface area contributed by atoms with Gasteiger partial charge in [0.25, 0.3) is 5.89 Å². The monoisotopic (exact) mass is 309 g/mol. The molecule has 0 saturated carbocycles. The Morgan fingerprint density at radius 2 is 2.30 bits per heavy atom. The van der Waals surface area contributed by atoms with E-state index in [1.807, 2.05) is 11.8 Å². The van der Waals surface area contributed by atoms with Crippen LogP contribution in [0.5, 0.6) is 0 Å². The lowest BCUT2D eigenvalue weighted by molar-refractivity contribution is 0.485. The van der Waals surface area contributed by atoms with Gasteiger partial charge in [0.15, 0.2) is 0 Å². The first-order valence-corrected chi connectivity index (χ1v) is 8.95. The fourth-order valence-electron chi connectivity index (χ4n) is 2.17. The first-order valence-electron chi connectivity index (χ1n) is 6.98. The Labute approximate surface area is 127 Å². The standard InChI is InChI=1S/C14H19N3OS2/c1-9(2)15-5-3-13-16-17-14(18-13)12-7-10-8-19-6-4-11(10)20-12/h7,9,15H,3-6,8H2,1-2H3. The number of fused-ring (bicyclic) bond motifs is 1. The fourth-order valence-corrected chi connectivity index (χ4v) is 4.47. The lowest BCUT2D eigenvalue weighted by Gasteiger charge is -2.08. The molecule has 1 N–H and O–H groups in total. The SMILES string of the molecule is CC(C)NCCc1nnc(-c2cc3c(s2)CCSC3)o1. The van der Waals surface area contributed by atoms with Crippen molar-refractivity contribution in [3.05, 3.63) is 22.4 Å². The van der Waals surface area contributed by atoms with Crippen LogP contribution in [0, 0.1) is 0 Å². The summed E-state index contributed by atoms with van der Waals surface area (Å²) in [5, 5.41) is 11.7. The molecule has 0 unspecified atom stereocenters. The van der Waals surface area contributed by atoms with E-state index in [1.165, 1.54) is 22.6 Å². The molecule has 0 bridgehead atoms. The molecule has 6 heteroatoms. The van der Waals surface area contributed by atoms with Crippen LogP contribution < -0.4 is 5.32 Å². The summed E-state index contributed by atoms with van der Waals surface area (Å²) >= 11 is 3.80. The number of thiophene rings is 1. The molecule has 0 fully saturated rings. The van der Waals surface area contributed by atoms with Crippen LogP contribution in [0.4, 0.5) is 0 Å². The van der Waals surface area contributed by atoms with Gasteiger partial charge in [-0.3, -0.25) is 0 Å². The van der Waals surface area contributed by atoms with E-state index in [4.69, 9.17) is 4.42 Å². The second kappa shape index (κ2) is 6.28. The molecule has 3 rings (SSSR count). The van der Waals surface area contributed by atoms with E-state index in [0.29, 0.717) is 17.8 Å². The number of thioether (sulfide) groups is 1. The first kappa shape index (κ1) is 14.1. The maximum Gasteiger partial charge on any atom is 0.257 e. The molecule has 20 heavy (non-hydrogen) atoms. The fraction of sp³-hybridized carbons (Fsp3) is 0.571. The quantitative estimate of drug-likeness (QED) is 0.919. The van der Waals surface area contributed by atoms with E-state index in [1.54, 1.807) is 11.3 Å². The van der Waals surface area contributed by atoms with Gasteiger partial charge in [0, 0.05) is 29.6 Å². The molecule has 4 nitrogen and oxygen atoms in total. The molecule has 0 atom stereocenters. The summed E-state index contributed by atoms with van der Waals surface area (Å²) in [6, 6.07) is 2.70. The number of hydrogen-bond acceptors (Lipinski definition) is 6. The van der Waals surface area contributed by atoms with Gasteiger partial charge in [-0.2, -0.15) is 11.8 Å². The predicted molar refractivity (Wildman–Crippen MR) is 84.3 cm³/mol. The van der Waals surface area contributed by atoms with Crippen molar-refractivity contribution < 1.29 is 4.42 Å². The van der Waals surface area contributed by atoms with Crippen molar-refractivity contribution >= 4 is 23.1 Å². The summed E-state index contributed by atoms with van der Waals surface area (Å²) in [5.41, 5.74) is 1.45. The van der Waals surface area contributed by atoms with Gasteiger partial charge in [0.2, 0.25) is 5.89 Å². The summed E-state index contributed by atoms with van der Waals surface area (Å²) < 4.78 is 5.77. The van der Waals surface area contributed by atoms with Crippen LogP contribution in [0.25, 0.3) is 10.8 Å². The van der Waals surface area contributed by atoms with Crippen LogP contribution in [0.15, 0.2) is 10.5 Å². The zero-order valence-electron chi connectivity index (χ0n) is 11.8. The maximum atomic E-state index is 5.77. The highest BCUT2D eigenvalue weighted by atomic mass is 32.2. The van der Waals surface area contributed by atoms with Crippen molar-refractivity contribution in [2.75, 3.05) is 12.3 Å². The summed E-state index contributed by atoms with van der Waals surface area (Å²) in [7, 11) is 0. The van der Waals surface area contributed by atoms with Crippen molar-refractivity contribution in [2.45, 2.75) is 38.5 Å². The Balaban J connectivity index is 1.68. The third-order valence-corrected chi connectivity index (χ3v) is 5.43. The van der Waals surface area contributed by atoms with Crippen LogP contribution >= 0.6 is 23.1 Å². The molecule has 2 aromatic heterocycles. The Kier molecular flexibility index (Phi) is 4.43. The van der Waals surface area contributed by atoms with Crippen molar-refractivity contribution in [1.82, 2.24) is 15.5 Å². The highest BCUT2D eigenvalue weighted by molar-refractivity contribution is 7.98. The van der Waals surface area contributed by atoms with E-state index in [9.17, 15) is 0 Å². The zero-order valence-corrected chi connectivity index (χ0v) is 13.4. The molecular formula is C14H19N3OS2. The zero-order chi connectivity index (χ0) is 13.9. The van der Waals surface area contributed by atoms with Crippen LogP contribution in [0.3, 0.4) is 0 Å². The van der Waals surface area contributed by atoms with Gasteiger partial charge in [-0.25, -0.2) is 0 Å². The van der Waals surface area contributed by atoms with Crippen molar-refractivity contribution in [2.24, 2.45) is 0 Å². The van der Waals surface area contributed by atoms with Gasteiger partial charge in [-0.05, 0) is 23.8 Å². The lowest BCUT2D eigenvalue weighted by Crippen LogP contribution is -2.25. The van der Waals surface area contributed by atoms with E-state index in [2.05, 4.69) is 35.4 Å². The Hall–Kier alpha value is -0.850. The highest BCUT2D eigenvalue weighted by Crippen LogP contribution is 2.36. The molecule has 1 aliphatic rings. The second-order valence-corrected chi connectivity index (χ2v) is 7.46. The normalized spacial score (nSPS) is 14.8. The van der Waals surface area contributed by atoms with Crippen LogP contribution in [-0.4, -0.2) is 28.5 Å². The van der Waals surface area contributed by atoms with Gasteiger partial charge in [0.05, 0.1) is 4.88 Å². The molecule has 3 heterocycles. The second-order valence-electron chi connectivity index (χ2n) is 5.22. The smallest absolute Gasteiger partial charge is 0.257 e. The number of aryl methyl sites for hydroxylation is 1. The summed E-state index contributed by atoms with van der Waals surface area (Å²) in [6.45, 7) is 5.14. The average Bonchev–Trinajstić information content (AvgIpc) is 3.03. The van der Waals surface area contributed by atoms with Gasteiger partial charge in [0.1, 0.15) is 0 Å². The molecule has 1 aliphatic heterocycles. The van der Waals surface area contributed by atoms with E-state index in [-0.39, 0.29) is 0 Å². The van der Waals surface area contributed by atoms with E-state index >= 15 is 0 Å². The third kappa shape index (κ3) is 3.24. The average molecular weight is 309 g/mol. The third-order valence-electron chi connectivity index (χ3n) is 3.20. The van der Waals surface area contributed by atoms with Gasteiger partial charge in [-0.15, -0.1) is 21.5 Å². The Bertz CT molecular complexity index is 553. The number of aromatic nitrogens is 2. The summed E-state index contributed by atoms with van der Waals surface area (Å²) in [6.07, 6.45) is 1.95. The minimum Gasteiger partial charge on any atom is -0.420 e. The minimum atomic E-state index is 0.485. The Morgan fingerprint density at radius 3 is 3.10 bits per heavy atom. The van der Waals surface area contributed by atoms with E-state index in [0.717, 1.165) is 23.6 Å². The lowest BCUT2D eigenvalue weighted by atomic mass is 10.2. The molecule has 0 aromatic carbocycles. The topological polar surface area (TPSA) is 51.0 Å². The van der Waals surface area contributed by atoms with Gasteiger partial charge >= 0.3 is 0 Å². The largest absolute Gasteiger partial charge is 0.420 e. The molecule has 0 radical (unpaired) electrons. The molecule has 0 spiro atoms. The summed E-state index contributed by atoms with van der Waals surface area (Å²) in [4.78, 5) is 2.60. The predicted octanol–water partition coefficient (Wildman–Crippen LogP) is 3.13. The van der Waals surface area contributed by atoms with Crippen LogP contribution in [0.2, 0.25) is 0 Å². The van der Waals surface area contributed by atoms with Crippen LogP contribution in [-0.2, 0) is 18.6 Å². The molecular weight excluding hydrogens is 290 g/mol. The molecule has 0 amide bonds. The van der Waals surface area contributed by atoms with Crippen LogP contribution in [0.1, 0.15) is 30.2 Å². The molecule has 0 aliphatic carbocycles. The van der Waals surface area contributed by atoms with Gasteiger partial charge in [-0.1, -0.05) is 13.8 Å². The Morgan fingerprint density at radius 1 is 1.40 bits per heavy atom. The summed E-state index contributed by atoms with van der Waals surface area (Å²) in [5.74, 6) is 3.73. The van der Waals surface area contributed by atoms with Gasteiger partial charge < -0.3 is 9.73 Å². The molecule has 108 valence electrons.